The van der Waals surface area contributed by atoms with Gasteiger partial charge in [-0.1, -0.05) is 18.2 Å². The highest BCUT2D eigenvalue weighted by Gasteiger charge is 2.02. The van der Waals surface area contributed by atoms with Gasteiger partial charge in [0, 0.05) is 5.56 Å². The first-order valence-corrected chi connectivity index (χ1v) is 5.15. The Bertz CT molecular complexity index is 445. The van der Waals surface area contributed by atoms with Gasteiger partial charge in [-0.3, -0.25) is 0 Å². The molecule has 0 fully saturated rings. The standard InChI is InChI=1S/C13H15NO/c1-10-5-6-13(15-10)12-4-2-3-11(9-12)7-8-14/h2-6,9H,7-8,14H2,1H3. The maximum Gasteiger partial charge on any atom is 0.134 e. The van der Waals surface area contributed by atoms with Crippen LogP contribution >= 0.6 is 0 Å². The van der Waals surface area contributed by atoms with E-state index in [1.54, 1.807) is 0 Å². The molecule has 0 spiro atoms. The van der Waals surface area contributed by atoms with Gasteiger partial charge in [0.1, 0.15) is 11.5 Å². The third kappa shape index (κ3) is 2.28. The largest absolute Gasteiger partial charge is 0.461 e. The average molecular weight is 201 g/mol. The van der Waals surface area contributed by atoms with Crippen LogP contribution in [0.3, 0.4) is 0 Å². The van der Waals surface area contributed by atoms with E-state index in [9.17, 15) is 0 Å². The third-order valence-corrected chi connectivity index (χ3v) is 2.38. The van der Waals surface area contributed by atoms with Gasteiger partial charge in [-0.2, -0.15) is 0 Å². The second-order valence-electron chi connectivity index (χ2n) is 3.65. The fraction of sp³-hybridized carbons (Fsp3) is 0.231. The van der Waals surface area contributed by atoms with Gasteiger partial charge in [0.05, 0.1) is 0 Å². The lowest BCUT2D eigenvalue weighted by molar-refractivity contribution is 0.548. The molecule has 1 heterocycles. The Kier molecular flexibility index (Phi) is 2.88. The zero-order chi connectivity index (χ0) is 10.7. The van der Waals surface area contributed by atoms with Crippen LogP contribution in [0.25, 0.3) is 11.3 Å². The van der Waals surface area contributed by atoms with Gasteiger partial charge in [0.25, 0.3) is 0 Å². The predicted molar refractivity (Wildman–Crippen MR) is 61.6 cm³/mol. The maximum atomic E-state index is 5.57. The summed E-state index contributed by atoms with van der Waals surface area (Å²) in [6.45, 7) is 2.63. The number of hydrogen-bond acceptors (Lipinski definition) is 2. The van der Waals surface area contributed by atoms with Crippen molar-refractivity contribution >= 4 is 0 Å². The van der Waals surface area contributed by atoms with Crippen LogP contribution in [0.2, 0.25) is 0 Å². The lowest BCUT2D eigenvalue weighted by Gasteiger charge is -2.01. The molecule has 0 radical (unpaired) electrons. The topological polar surface area (TPSA) is 39.2 Å². The Balaban J connectivity index is 2.32. The minimum Gasteiger partial charge on any atom is -0.461 e. The summed E-state index contributed by atoms with van der Waals surface area (Å²) in [5.74, 6) is 1.86. The van der Waals surface area contributed by atoms with Crippen molar-refractivity contribution < 1.29 is 4.42 Å². The van der Waals surface area contributed by atoms with Crippen molar-refractivity contribution in [2.75, 3.05) is 6.54 Å². The van der Waals surface area contributed by atoms with Crippen LogP contribution in [0.4, 0.5) is 0 Å². The number of benzene rings is 1. The molecule has 0 aliphatic carbocycles. The molecule has 2 N–H and O–H groups in total. The first kappa shape index (κ1) is 9.99. The zero-order valence-electron chi connectivity index (χ0n) is 8.86. The van der Waals surface area contributed by atoms with E-state index < -0.39 is 0 Å². The Labute approximate surface area is 89.7 Å². The van der Waals surface area contributed by atoms with Crippen LogP contribution in [0, 0.1) is 6.92 Å². The van der Waals surface area contributed by atoms with Crippen molar-refractivity contribution in [1.29, 1.82) is 0 Å². The Morgan fingerprint density at radius 3 is 2.73 bits per heavy atom. The highest BCUT2D eigenvalue weighted by atomic mass is 16.3. The quantitative estimate of drug-likeness (QED) is 0.829. The molecule has 0 bridgehead atoms. The molecule has 15 heavy (non-hydrogen) atoms. The molecule has 78 valence electrons. The van der Waals surface area contributed by atoms with E-state index in [0.29, 0.717) is 6.54 Å². The maximum absolute atomic E-state index is 5.57. The second kappa shape index (κ2) is 4.32. The number of hydrogen-bond donors (Lipinski definition) is 1. The first-order chi connectivity index (χ1) is 7.29. The summed E-state index contributed by atoms with van der Waals surface area (Å²) in [5.41, 5.74) is 7.90. The van der Waals surface area contributed by atoms with E-state index in [-0.39, 0.29) is 0 Å². The molecule has 2 heteroatoms. The molecular weight excluding hydrogens is 186 g/mol. The molecule has 2 aromatic rings. The predicted octanol–water partition coefficient (Wildman–Crippen LogP) is 2.76. The lowest BCUT2D eigenvalue weighted by atomic mass is 10.1. The third-order valence-electron chi connectivity index (χ3n) is 2.38. The molecule has 0 unspecified atom stereocenters. The lowest BCUT2D eigenvalue weighted by Crippen LogP contribution is -2.02. The van der Waals surface area contributed by atoms with Crippen LogP contribution in [0.1, 0.15) is 11.3 Å². The molecule has 0 aliphatic heterocycles. The van der Waals surface area contributed by atoms with Gasteiger partial charge < -0.3 is 10.2 Å². The van der Waals surface area contributed by atoms with E-state index in [1.807, 2.05) is 25.1 Å². The summed E-state index contributed by atoms with van der Waals surface area (Å²) in [5, 5.41) is 0. The molecule has 0 aliphatic rings. The smallest absolute Gasteiger partial charge is 0.134 e. The summed E-state index contributed by atoms with van der Waals surface area (Å²) in [6.07, 6.45) is 0.910. The van der Waals surface area contributed by atoms with Crippen molar-refractivity contribution in [1.82, 2.24) is 0 Å². The van der Waals surface area contributed by atoms with E-state index >= 15 is 0 Å². The van der Waals surface area contributed by atoms with Crippen LogP contribution in [0.5, 0.6) is 0 Å². The van der Waals surface area contributed by atoms with Crippen LogP contribution < -0.4 is 5.73 Å². The normalized spacial score (nSPS) is 10.5. The molecule has 0 atom stereocenters. The Morgan fingerprint density at radius 2 is 2.07 bits per heavy atom. The van der Waals surface area contributed by atoms with E-state index in [4.69, 9.17) is 10.2 Å². The minimum atomic E-state index is 0.681. The van der Waals surface area contributed by atoms with Crippen molar-refractivity contribution in [3.63, 3.8) is 0 Å². The summed E-state index contributed by atoms with van der Waals surface area (Å²) < 4.78 is 5.57. The van der Waals surface area contributed by atoms with E-state index in [0.717, 1.165) is 23.5 Å². The molecule has 0 saturated carbocycles. The van der Waals surface area contributed by atoms with E-state index in [1.165, 1.54) is 5.56 Å². The van der Waals surface area contributed by atoms with E-state index in [2.05, 4.69) is 18.2 Å². The molecule has 1 aromatic carbocycles. The summed E-state index contributed by atoms with van der Waals surface area (Å²) in [4.78, 5) is 0. The number of rotatable bonds is 3. The molecule has 0 amide bonds. The summed E-state index contributed by atoms with van der Waals surface area (Å²) >= 11 is 0. The summed E-state index contributed by atoms with van der Waals surface area (Å²) in [7, 11) is 0. The molecule has 2 nitrogen and oxygen atoms in total. The molecule has 0 saturated heterocycles. The average Bonchev–Trinajstić information content (AvgIpc) is 2.66. The highest BCUT2D eigenvalue weighted by Crippen LogP contribution is 2.22. The van der Waals surface area contributed by atoms with Crippen molar-refractivity contribution in [2.24, 2.45) is 5.73 Å². The number of furan rings is 1. The van der Waals surface area contributed by atoms with Crippen LogP contribution in [0.15, 0.2) is 40.8 Å². The molecule has 2 rings (SSSR count). The number of nitrogens with two attached hydrogens (primary N) is 1. The monoisotopic (exact) mass is 201 g/mol. The minimum absolute atomic E-state index is 0.681. The second-order valence-corrected chi connectivity index (χ2v) is 3.65. The summed E-state index contributed by atoms with van der Waals surface area (Å²) in [6, 6.07) is 12.3. The van der Waals surface area contributed by atoms with Crippen molar-refractivity contribution in [3.8, 4) is 11.3 Å². The van der Waals surface area contributed by atoms with Gasteiger partial charge in [0.15, 0.2) is 0 Å². The van der Waals surface area contributed by atoms with Crippen LogP contribution in [-0.4, -0.2) is 6.54 Å². The Morgan fingerprint density at radius 1 is 1.20 bits per heavy atom. The van der Waals surface area contributed by atoms with Crippen LogP contribution in [-0.2, 0) is 6.42 Å². The van der Waals surface area contributed by atoms with Crippen molar-refractivity contribution in [2.45, 2.75) is 13.3 Å². The van der Waals surface area contributed by atoms with Crippen molar-refractivity contribution in [3.05, 3.63) is 47.7 Å². The SMILES string of the molecule is Cc1ccc(-c2cccc(CCN)c2)o1. The first-order valence-electron chi connectivity index (χ1n) is 5.15. The van der Waals surface area contributed by atoms with Gasteiger partial charge in [-0.15, -0.1) is 0 Å². The van der Waals surface area contributed by atoms with Gasteiger partial charge in [-0.25, -0.2) is 0 Å². The van der Waals surface area contributed by atoms with Gasteiger partial charge in [0.2, 0.25) is 0 Å². The Hall–Kier alpha value is -1.54. The van der Waals surface area contributed by atoms with Gasteiger partial charge >= 0.3 is 0 Å². The fourth-order valence-electron chi connectivity index (χ4n) is 1.64. The fourth-order valence-corrected chi connectivity index (χ4v) is 1.64. The highest BCUT2D eigenvalue weighted by molar-refractivity contribution is 5.58. The molecule has 1 aromatic heterocycles. The molecular formula is C13H15NO. The van der Waals surface area contributed by atoms with Gasteiger partial charge in [-0.05, 0) is 43.7 Å². The number of aryl methyl sites for hydroxylation is 1. The zero-order valence-corrected chi connectivity index (χ0v) is 8.86.